The minimum Gasteiger partial charge on any atom is -0.369 e. The summed E-state index contributed by atoms with van der Waals surface area (Å²) in [5.41, 5.74) is 2.80. The number of rotatable bonds is 7. The van der Waals surface area contributed by atoms with Gasteiger partial charge in [-0.05, 0) is 44.9 Å². The van der Waals surface area contributed by atoms with E-state index in [4.69, 9.17) is 11.6 Å². The number of anilines is 1. The van der Waals surface area contributed by atoms with Crippen LogP contribution in [-0.2, 0) is 6.42 Å². The second kappa shape index (κ2) is 8.49. The van der Waals surface area contributed by atoms with Gasteiger partial charge < -0.3 is 10.6 Å². The minimum atomic E-state index is -0.312. The molecule has 0 saturated carbocycles. The monoisotopic (exact) mass is 404 g/mol. The van der Waals surface area contributed by atoms with Crippen LogP contribution in [0.1, 0.15) is 45.3 Å². The normalized spacial score (nSPS) is 12.0. The maximum absolute atomic E-state index is 12.6. The van der Waals surface area contributed by atoms with Crippen molar-refractivity contribution in [1.29, 1.82) is 0 Å². The lowest BCUT2D eigenvalue weighted by Crippen LogP contribution is -2.28. The van der Waals surface area contributed by atoms with E-state index in [9.17, 15) is 4.79 Å². The summed E-state index contributed by atoms with van der Waals surface area (Å²) < 4.78 is 0.692. The predicted octanol–water partition coefficient (Wildman–Crippen LogP) is 3.68. The van der Waals surface area contributed by atoms with Crippen LogP contribution in [0.4, 0.5) is 5.82 Å². The Morgan fingerprint density at radius 2 is 2.15 bits per heavy atom. The quantitative estimate of drug-likeness (QED) is 0.558. The molecule has 3 aromatic heterocycles. The fourth-order valence-electron chi connectivity index (χ4n) is 2.54. The number of hydrogen-bond acceptors (Lipinski definition) is 6. The van der Waals surface area contributed by atoms with Crippen molar-refractivity contribution in [3.05, 3.63) is 56.4 Å². The molecule has 1 amide bonds. The summed E-state index contributed by atoms with van der Waals surface area (Å²) in [4.78, 5) is 22.4. The summed E-state index contributed by atoms with van der Waals surface area (Å²) in [7, 11) is 0. The molecule has 0 aliphatic rings. The van der Waals surface area contributed by atoms with Crippen molar-refractivity contribution in [2.24, 2.45) is 0 Å². The Balaban J connectivity index is 1.69. The van der Waals surface area contributed by atoms with Crippen LogP contribution in [0.5, 0.6) is 0 Å². The molecule has 0 radical (unpaired) electrons. The van der Waals surface area contributed by atoms with Gasteiger partial charge in [-0.25, -0.2) is 9.97 Å². The van der Waals surface area contributed by atoms with Crippen LogP contribution in [0, 0.1) is 13.8 Å². The molecule has 0 fully saturated rings. The van der Waals surface area contributed by atoms with Crippen molar-refractivity contribution in [3.63, 3.8) is 0 Å². The van der Waals surface area contributed by atoms with Gasteiger partial charge in [-0.2, -0.15) is 5.10 Å². The maximum Gasteiger partial charge on any atom is 0.289 e. The van der Waals surface area contributed by atoms with E-state index in [1.807, 2.05) is 39.1 Å². The number of nitrogens with one attached hydrogen (secondary N) is 3. The van der Waals surface area contributed by atoms with Crippen molar-refractivity contribution < 1.29 is 4.79 Å². The lowest BCUT2D eigenvalue weighted by Gasteiger charge is -2.14. The third-order valence-corrected chi connectivity index (χ3v) is 5.64. The highest BCUT2D eigenvalue weighted by Gasteiger charge is 2.18. The van der Waals surface area contributed by atoms with Crippen LogP contribution in [0.15, 0.2) is 24.5 Å². The van der Waals surface area contributed by atoms with E-state index in [0.717, 1.165) is 28.1 Å². The number of amides is 1. The standard InChI is InChI=1S/C18H21ClN6OS/c1-10-11(2)23-17(18(26)24-12(3)14-4-5-15(19)27-14)25-16(10)20-7-6-13-8-21-22-9-13/h4-5,8-9,12H,6-7H2,1-3H3,(H,21,22)(H,24,26)(H,20,23,25). The van der Waals surface area contributed by atoms with Gasteiger partial charge in [0.2, 0.25) is 5.82 Å². The number of nitrogens with zero attached hydrogens (tertiary/aromatic N) is 3. The molecule has 142 valence electrons. The van der Waals surface area contributed by atoms with Gasteiger partial charge >= 0.3 is 0 Å². The first-order valence-electron chi connectivity index (χ1n) is 8.57. The van der Waals surface area contributed by atoms with Crippen molar-refractivity contribution in [2.45, 2.75) is 33.2 Å². The number of carbonyl (C=O) groups excluding carboxylic acids is 1. The van der Waals surface area contributed by atoms with Crippen LogP contribution in [0.25, 0.3) is 0 Å². The summed E-state index contributed by atoms with van der Waals surface area (Å²) in [6, 6.07) is 3.55. The minimum absolute atomic E-state index is 0.151. The Kier molecular flexibility index (Phi) is 6.08. The van der Waals surface area contributed by atoms with E-state index in [1.165, 1.54) is 11.3 Å². The molecule has 0 aliphatic heterocycles. The van der Waals surface area contributed by atoms with Gasteiger partial charge in [0.15, 0.2) is 0 Å². The average molecular weight is 405 g/mol. The number of H-pyrrole nitrogens is 1. The second-order valence-corrected chi connectivity index (χ2v) is 7.97. The fourth-order valence-corrected chi connectivity index (χ4v) is 3.60. The predicted molar refractivity (Wildman–Crippen MR) is 107 cm³/mol. The molecule has 3 rings (SSSR count). The number of carbonyl (C=O) groups is 1. The van der Waals surface area contributed by atoms with Gasteiger partial charge in [0.25, 0.3) is 5.91 Å². The van der Waals surface area contributed by atoms with Gasteiger partial charge in [-0.15, -0.1) is 11.3 Å². The van der Waals surface area contributed by atoms with E-state index in [2.05, 4.69) is 30.8 Å². The molecule has 9 heteroatoms. The molecule has 0 aromatic carbocycles. The molecule has 1 unspecified atom stereocenters. The van der Waals surface area contributed by atoms with Crippen LogP contribution in [0.2, 0.25) is 4.34 Å². The SMILES string of the molecule is Cc1nc(C(=O)NC(C)c2ccc(Cl)s2)nc(NCCc2cn[nH]c2)c1C. The Morgan fingerprint density at radius 1 is 1.33 bits per heavy atom. The number of aromatic amines is 1. The van der Waals surface area contributed by atoms with E-state index in [1.54, 1.807) is 6.20 Å². The largest absolute Gasteiger partial charge is 0.369 e. The number of aromatic nitrogens is 4. The van der Waals surface area contributed by atoms with Crippen molar-refractivity contribution in [3.8, 4) is 0 Å². The second-order valence-electron chi connectivity index (χ2n) is 6.23. The molecule has 0 spiro atoms. The van der Waals surface area contributed by atoms with E-state index >= 15 is 0 Å². The molecule has 0 aliphatic carbocycles. The molecule has 0 bridgehead atoms. The molecule has 3 heterocycles. The first kappa shape index (κ1) is 19.3. The smallest absolute Gasteiger partial charge is 0.289 e. The van der Waals surface area contributed by atoms with E-state index in [0.29, 0.717) is 16.7 Å². The van der Waals surface area contributed by atoms with Crippen molar-refractivity contribution in [2.75, 3.05) is 11.9 Å². The molecule has 3 N–H and O–H groups in total. The summed E-state index contributed by atoms with van der Waals surface area (Å²) in [5, 5.41) is 12.9. The average Bonchev–Trinajstić information content (AvgIpc) is 3.30. The molecular weight excluding hydrogens is 384 g/mol. The summed E-state index contributed by atoms with van der Waals surface area (Å²) in [6.45, 7) is 6.40. The summed E-state index contributed by atoms with van der Waals surface area (Å²) in [6.07, 6.45) is 4.45. The highest BCUT2D eigenvalue weighted by molar-refractivity contribution is 7.16. The molecule has 27 heavy (non-hydrogen) atoms. The van der Waals surface area contributed by atoms with Crippen molar-refractivity contribution >= 4 is 34.7 Å². The third-order valence-electron chi connectivity index (χ3n) is 4.22. The zero-order valence-electron chi connectivity index (χ0n) is 15.3. The summed E-state index contributed by atoms with van der Waals surface area (Å²) >= 11 is 7.41. The lowest BCUT2D eigenvalue weighted by atomic mass is 10.2. The van der Waals surface area contributed by atoms with Gasteiger partial charge in [0.1, 0.15) is 5.82 Å². The fraction of sp³-hybridized carbons (Fsp3) is 0.333. The Hall–Kier alpha value is -2.45. The highest BCUT2D eigenvalue weighted by atomic mass is 35.5. The first-order chi connectivity index (χ1) is 12.9. The molecule has 7 nitrogen and oxygen atoms in total. The number of hydrogen-bond donors (Lipinski definition) is 3. The van der Waals surface area contributed by atoms with Gasteiger partial charge in [0, 0.05) is 28.9 Å². The maximum atomic E-state index is 12.6. The van der Waals surface area contributed by atoms with Gasteiger partial charge in [-0.1, -0.05) is 11.6 Å². The van der Waals surface area contributed by atoms with Gasteiger partial charge in [-0.3, -0.25) is 9.89 Å². The van der Waals surface area contributed by atoms with Crippen molar-refractivity contribution in [1.82, 2.24) is 25.5 Å². The molecule has 0 saturated heterocycles. The Morgan fingerprint density at radius 3 is 2.81 bits per heavy atom. The zero-order valence-corrected chi connectivity index (χ0v) is 16.9. The first-order valence-corrected chi connectivity index (χ1v) is 9.76. The molecule has 1 atom stereocenters. The van der Waals surface area contributed by atoms with Crippen LogP contribution in [-0.4, -0.2) is 32.6 Å². The number of thiophene rings is 1. The summed E-state index contributed by atoms with van der Waals surface area (Å²) in [5.74, 6) is 0.509. The van der Waals surface area contributed by atoms with E-state index < -0.39 is 0 Å². The zero-order chi connectivity index (χ0) is 19.4. The van der Waals surface area contributed by atoms with Gasteiger partial charge in [0.05, 0.1) is 16.6 Å². The molecular formula is C18H21ClN6OS. The Bertz CT molecular complexity index is 924. The Labute approximate surface area is 166 Å². The van der Waals surface area contributed by atoms with Crippen LogP contribution < -0.4 is 10.6 Å². The number of aryl methyl sites for hydroxylation is 1. The molecule has 3 aromatic rings. The number of halogens is 1. The van der Waals surface area contributed by atoms with Crippen LogP contribution >= 0.6 is 22.9 Å². The van der Waals surface area contributed by atoms with E-state index in [-0.39, 0.29) is 17.8 Å². The topological polar surface area (TPSA) is 95.6 Å². The third kappa shape index (κ3) is 4.84. The highest BCUT2D eigenvalue weighted by Crippen LogP contribution is 2.26. The lowest BCUT2D eigenvalue weighted by molar-refractivity contribution is 0.0929. The van der Waals surface area contributed by atoms with Crippen LogP contribution in [0.3, 0.4) is 0 Å².